The van der Waals surface area contributed by atoms with Gasteiger partial charge in [-0.1, -0.05) is 27.5 Å². The van der Waals surface area contributed by atoms with Gasteiger partial charge in [0.25, 0.3) is 0 Å². The molecule has 7 heteroatoms. The van der Waals surface area contributed by atoms with Crippen molar-refractivity contribution in [2.45, 2.75) is 12.8 Å². The lowest BCUT2D eigenvalue weighted by molar-refractivity contribution is -0.138. The van der Waals surface area contributed by atoms with Gasteiger partial charge in [0.1, 0.15) is 5.82 Å². The standard InChI is InChI=1S/C15H13BrClN3O2/c16-10-7-9-1-2-12(19-15(9)11(17)8-10)18-5-6-20-13(21)3-4-14(20)22/h1-2,7-8H,3-6H2,(H,18,19). The van der Waals surface area contributed by atoms with E-state index in [-0.39, 0.29) is 11.8 Å². The molecule has 0 atom stereocenters. The molecule has 0 spiro atoms. The Labute approximate surface area is 140 Å². The molecule has 1 aromatic heterocycles. The maximum absolute atomic E-state index is 11.5. The van der Waals surface area contributed by atoms with Gasteiger partial charge in [-0.05, 0) is 24.3 Å². The minimum Gasteiger partial charge on any atom is -0.368 e. The Bertz CT molecular complexity index is 750. The number of pyridine rings is 1. The molecule has 0 bridgehead atoms. The molecule has 2 heterocycles. The molecule has 0 radical (unpaired) electrons. The SMILES string of the molecule is O=C1CCC(=O)N1CCNc1ccc2cc(Br)cc(Cl)c2n1. The summed E-state index contributed by atoms with van der Waals surface area (Å²) in [4.78, 5) is 28.8. The average molecular weight is 383 g/mol. The molecule has 1 fully saturated rings. The number of rotatable bonds is 4. The molecule has 0 aliphatic carbocycles. The minimum atomic E-state index is -0.105. The van der Waals surface area contributed by atoms with Gasteiger partial charge in [-0.2, -0.15) is 0 Å². The van der Waals surface area contributed by atoms with E-state index in [2.05, 4.69) is 26.2 Å². The number of benzene rings is 1. The number of fused-ring (bicyclic) bond motifs is 1. The lowest BCUT2D eigenvalue weighted by atomic mass is 10.2. The van der Waals surface area contributed by atoms with Crippen LogP contribution >= 0.6 is 27.5 Å². The van der Waals surface area contributed by atoms with E-state index in [1.165, 1.54) is 4.90 Å². The summed E-state index contributed by atoms with van der Waals surface area (Å²) in [5.41, 5.74) is 0.711. The van der Waals surface area contributed by atoms with E-state index in [0.717, 1.165) is 9.86 Å². The first-order chi connectivity index (χ1) is 10.5. The third kappa shape index (κ3) is 3.08. The van der Waals surface area contributed by atoms with Gasteiger partial charge in [0.2, 0.25) is 11.8 Å². The Kier molecular flexibility index (Phi) is 4.31. The van der Waals surface area contributed by atoms with E-state index in [9.17, 15) is 9.59 Å². The summed E-state index contributed by atoms with van der Waals surface area (Å²) in [5.74, 6) is 0.452. The number of nitrogens with zero attached hydrogens (tertiary/aromatic N) is 2. The van der Waals surface area contributed by atoms with Crippen molar-refractivity contribution in [3.63, 3.8) is 0 Å². The first kappa shape index (κ1) is 15.2. The number of likely N-dealkylation sites (tertiary alicyclic amines) is 1. The molecule has 1 saturated heterocycles. The fraction of sp³-hybridized carbons (Fsp3) is 0.267. The summed E-state index contributed by atoms with van der Waals surface area (Å²) in [6.07, 6.45) is 0.634. The number of nitrogens with one attached hydrogen (secondary N) is 1. The molecule has 2 aromatic rings. The quantitative estimate of drug-likeness (QED) is 0.825. The monoisotopic (exact) mass is 381 g/mol. The molecule has 5 nitrogen and oxygen atoms in total. The number of carbonyl (C=O) groups excluding carboxylic acids is 2. The molecular formula is C15H13BrClN3O2. The lowest BCUT2D eigenvalue weighted by Gasteiger charge is -2.14. The van der Waals surface area contributed by atoms with E-state index in [1.54, 1.807) is 6.07 Å². The van der Waals surface area contributed by atoms with Gasteiger partial charge in [-0.15, -0.1) is 0 Å². The molecule has 1 N–H and O–H groups in total. The Hall–Kier alpha value is -1.66. The fourth-order valence-electron chi connectivity index (χ4n) is 2.42. The highest BCUT2D eigenvalue weighted by atomic mass is 79.9. The molecule has 1 aromatic carbocycles. The fourth-order valence-corrected chi connectivity index (χ4v) is 3.30. The van der Waals surface area contributed by atoms with Crippen LogP contribution in [0.25, 0.3) is 10.9 Å². The Balaban J connectivity index is 1.69. The number of carbonyl (C=O) groups is 2. The smallest absolute Gasteiger partial charge is 0.229 e. The number of anilines is 1. The topological polar surface area (TPSA) is 62.3 Å². The average Bonchev–Trinajstić information content (AvgIpc) is 2.79. The van der Waals surface area contributed by atoms with Crippen LogP contribution < -0.4 is 5.32 Å². The first-order valence-electron chi connectivity index (χ1n) is 6.87. The van der Waals surface area contributed by atoms with Crippen LogP contribution in [0.5, 0.6) is 0 Å². The van der Waals surface area contributed by atoms with Crippen molar-refractivity contribution in [3.8, 4) is 0 Å². The number of hydrogen-bond acceptors (Lipinski definition) is 4. The van der Waals surface area contributed by atoms with Crippen LogP contribution in [-0.4, -0.2) is 34.8 Å². The Morgan fingerprint density at radius 2 is 1.95 bits per heavy atom. The molecule has 0 saturated carbocycles. The molecule has 0 unspecified atom stereocenters. The first-order valence-corrected chi connectivity index (χ1v) is 8.04. The maximum Gasteiger partial charge on any atom is 0.229 e. The zero-order valence-corrected chi connectivity index (χ0v) is 13.9. The van der Waals surface area contributed by atoms with Crippen LogP contribution in [0.15, 0.2) is 28.7 Å². The molecule has 2 amide bonds. The lowest BCUT2D eigenvalue weighted by Crippen LogP contribution is -2.33. The largest absolute Gasteiger partial charge is 0.368 e. The number of hydrogen-bond donors (Lipinski definition) is 1. The van der Waals surface area contributed by atoms with Crippen LogP contribution in [0, 0.1) is 0 Å². The summed E-state index contributed by atoms with van der Waals surface area (Å²) in [5, 5.41) is 4.63. The van der Waals surface area contributed by atoms with Gasteiger partial charge < -0.3 is 5.32 Å². The van der Waals surface area contributed by atoms with Crippen molar-refractivity contribution in [3.05, 3.63) is 33.8 Å². The minimum absolute atomic E-state index is 0.105. The molecule has 3 rings (SSSR count). The van der Waals surface area contributed by atoms with Crippen molar-refractivity contribution in [2.75, 3.05) is 18.4 Å². The van der Waals surface area contributed by atoms with Crippen molar-refractivity contribution in [1.82, 2.24) is 9.88 Å². The summed E-state index contributed by atoms with van der Waals surface area (Å²) in [7, 11) is 0. The highest BCUT2D eigenvalue weighted by Gasteiger charge is 2.27. The van der Waals surface area contributed by atoms with Gasteiger partial charge in [0.15, 0.2) is 0 Å². The number of imide groups is 1. The normalized spacial score (nSPS) is 14.9. The van der Waals surface area contributed by atoms with E-state index < -0.39 is 0 Å². The van der Waals surface area contributed by atoms with Crippen LogP contribution in [0.4, 0.5) is 5.82 Å². The Morgan fingerprint density at radius 1 is 1.23 bits per heavy atom. The van der Waals surface area contributed by atoms with Crippen molar-refractivity contribution >= 4 is 56.1 Å². The molecule has 22 heavy (non-hydrogen) atoms. The molecular weight excluding hydrogens is 370 g/mol. The third-order valence-corrected chi connectivity index (χ3v) is 4.25. The van der Waals surface area contributed by atoms with E-state index in [1.807, 2.05) is 18.2 Å². The zero-order valence-electron chi connectivity index (χ0n) is 11.6. The highest BCUT2D eigenvalue weighted by Crippen LogP contribution is 2.27. The summed E-state index contributed by atoms with van der Waals surface area (Å²) < 4.78 is 0.901. The maximum atomic E-state index is 11.5. The van der Waals surface area contributed by atoms with Gasteiger partial charge in [0, 0.05) is 35.8 Å². The predicted octanol–water partition coefficient (Wildman–Crippen LogP) is 3.21. The van der Waals surface area contributed by atoms with Crippen LogP contribution in [0.3, 0.4) is 0 Å². The molecule has 114 valence electrons. The highest BCUT2D eigenvalue weighted by molar-refractivity contribution is 9.10. The van der Waals surface area contributed by atoms with E-state index in [4.69, 9.17) is 11.6 Å². The van der Waals surface area contributed by atoms with Crippen molar-refractivity contribution in [2.24, 2.45) is 0 Å². The van der Waals surface area contributed by atoms with Gasteiger partial charge >= 0.3 is 0 Å². The second kappa shape index (κ2) is 6.22. The van der Waals surface area contributed by atoms with E-state index in [0.29, 0.717) is 42.3 Å². The second-order valence-corrected chi connectivity index (χ2v) is 6.34. The van der Waals surface area contributed by atoms with Gasteiger partial charge in [-0.25, -0.2) is 4.98 Å². The van der Waals surface area contributed by atoms with E-state index >= 15 is 0 Å². The number of amides is 2. The Morgan fingerprint density at radius 3 is 2.68 bits per heavy atom. The van der Waals surface area contributed by atoms with Crippen LogP contribution in [-0.2, 0) is 9.59 Å². The van der Waals surface area contributed by atoms with Crippen molar-refractivity contribution < 1.29 is 9.59 Å². The van der Waals surface area contributed by atoms with Crippen LogP contribution in [0.2, 0.25) is 5.02 Å². The number of halogens is 2. The zero-order chi connectivity index (χ0) is 15.7. The predicted molar refractivity (Wildman–Crippen MR) is 88.9 cm³/mol. The summed E-state index contributed by atoms with van der Waals surface area (Å²) in [6.45, 7) is 0.815. The number of aromatic nitrogens is 1. The molecule has 1 aliphatic rings. The van der Waals surface area contributed by atoms with Crippen molar-refractivity contribution in [1.29, 1.82) is 0 Å². The summed E-state index contributed by atoms with van der Waals surface area (Å²) in [6, 6.07) is 7.51. The second-order valence-electron chi connectivity index (χ2n) is 5.02. The van der Waals surface area contributed by atoms with Crippen LogP contribution in [0.1, 0.15) is 12.8 Å². The third-order valence-electron chi connectivity index (χ3n) is 3.51. The van der Waals surface area contributed by atoms with Gasteiger partial charge in [0.05, 0.1) is 10.5 Å². The summed E-state index contributed by atoms with van der Waals surface area (Å²) >= 11 is 9.59. The molecule has 1 aliphatic heterocycles. The van der Waals surface area contributed by atoms with Gasteiger partial charge in [-0.3, -0.25) is 14.5 Å².